The highest BCUT2D eigenvalue weighted by atomic mass is 16.4. The number of carboxylic acids is 1. The van der Waals surface area contributed by atoms with E-state index in [1.165, 1.54) is 0 Å². The molecule has 25 heavy (non-hydrogen) atoms. The summed E-state index contributed by atoms with van der Waals surface area (Å²) in [5.74, 6) is -0.900. The van der Waals surface area contributed by atoms with Gasteiger partial charge in [0.15, 0.2) is 0 Å². The third kappa shape index (κ3) is 3.82. The Morgan fingerprint density at radius 2 is 1.60 bits per heavy atom. The van der Waals surface area contributed by atoms with Gasteiger partial charge in [0, 0.05) is 30.4 Å². The molecule has 0 aliphatic carbocycles. The summed E-state index contributed by atoms with van der Waals surface area (Å²) in [4.78, 5) is 28.0. The lowest BCUT2D eigenvalue weighted by molar-refractivity contribution is -0.137. The van der Waals surface area contributed by atoms with Crippen LogP contribution in [-0.2, 0) is 4.79 Å². The molecule has 1 saturated heterocycles. The smallest absolute Gasteiger partial charge is 0.305 e. The number of nitrogens with zero attached hydrogens (tertiary/aromatic N) is 2. The Hall–Kier alpha value is -2.82. The summed E-state index contributed by atoms with van der Waals surface area (Å²) in [6.45, 7) is 3.00. The average Bonchev–Trinajstić information content (AvgIpc) is 2.61. The topological polar surface area (TPSA) is 60.9 Å². The fourth-order valence-electron chi connectivity index (χ4n) is 3.54. The number of amides is 1. The molecule has 0 bridgehead atoms. The van der Waals surface area contributed by atoms with E-state index in [-0.39, 0.29) is 24.4 Å². The van der Waals surface area contributed by atoms with Crippen molar-refractivity contribution in [2.24, 2.45) is 0 Å². The Balaban J connectivity index is 1.85. The van der Waals surface area contributed by atoms with Crippen LogP contribution in [0.25, 0.3) is 0 Å². The highest BCUT2D eigenvalue weighted by Crippen LogP contribution is 2.27. The van der Waals surface area contributed by atoms with Gasteiger partial charge in [-0.15, -0.1) is 0 Å². The fourth-order valence-corrected chi connectivity index (χ4v) is 3.54. The second-order valence-corrected chi connectivity index (χ2v) is 6.42. The summed E-state index contributed by atoms with van der Waals surface area (Å²) in [6.07, 6.45) is -0.00218. The summed E-state index contributed by atoms with van der Waals surface area (Å²) in [6, 6.07) is 18.7. The second kappa shape index (κ2) is 7.38. The van der Waals surface area contributed by atoms with Gasteiger partial charge >= 0.3 is 5.97 Å². The molecule has 1 amide bonds. The van der Waals surface area contributed by atoms with Gasteiger partial charge in [0.25, 0.3) is 5.91 Å². The maximum atomic E-state index is 12.8. The first-order chi connectivity index (χ1) is 12.1. The van der Waals surface area contributed by atoms with Gasteiger partial charge in [0.1, 0.15) is 0 Å². The number of piperazine rings is 1. The molecule has 2 aromatic rings. The van der Waals surface area contributed by atoms with Gasteiger partial charge in [0.2, 0.25) is 0 Å². The average molecular weight is 338 g/mol. The molecule has 1 N–H and O–H groups in total. The van der Waals surface area contributed by atoms with Crippen LogP contribution in [-0.4, -0.2) is 47.1 Å². The lowest BCUT2D eigenvalue weighted by Crippen LogP contribution is -2.59. The van der Waals surface area contributed by atoms with E-state index in [9.17, 15) is 14.7 Å². The van der Waals surface area contributed by atoms with E-state index in [0.29, 0.717) is 18.7 Å². The van der Waals surface area contributed by atoms with E-state index in [1.807, 2.05) is 55.5 Å². The van der Waals surface area contributed by atoms with Crippen LogP contribution in [0.4, 0.5) is 5.69 Å². The van der Waals surface area contributed by atoms with Crippen molar-refractivity contribution in [1.82, 2.24) is 4.90 Å². The van der Waals surface area contributed by atoms with Crippen molar-refractivity contribution in [2.75, 3.05) is 18.0 Å². The van der Waals surface area contributed by atoms with Crippen LogP contribution in [0, 0.1) is 0 Å². The molecular formula is C20H22N2O3. The largest absolute Gasteiger partial charge is 0.481 e. The van der Waals surface area contributed by atoms with Crippen molar-refractivity contribution in [2.45, 2.75) is 25.4 Å². The maximum Gasteiger partial charge on any atom is 0.305 e. The molecule has 1 aliphatic heterocycles. The van der Waals surface area contributed by atoms with Crippen molar-refractivity contribution >= 4 is 17.6 Å². The van der Waals surface area contributed by atoms with Crippen LogP contribution < -0.4 is 4.90 Å². The summed E-state index contributed by atoms with van der Waals surface area (Å²) in [5, 5.41) is 9.33. The van der Waals surface area contributed by atoms with E-state index in [0.717, 1.165) is 5.69 Å². The third-order valence-electron chi connectivity index (χ3n) is 4.56. The first-order valence-corrected chi connectivity index (χ1v) is 8.45. The summed E-state index contributed by atoms with van der Waals surface area (Å²) in [5.41, 5.74) is 1.63. The van der Waals surface area contributed by atoms with Crippen LogP contribution >= 0.6 is 0 Å². The van der Waals surface area contributed by atoms with Crippen LogP contribution in [0.1, 0.15) is 23.7 Å². The minimum Gasteiger partial charge on any atom is -0.481 e. The second-order valence-electron chi connectivity index (χ2n) is 6.42. The first-order valence-electron chi connectivity index (χ1n) is 8.45. The van der Waals surface area contributed by atoms with Crippen LogP contribution in [0.3, 0.4) is 0 Å². The number of benzene rings is 2. The van der Waals surface area contributed by atoms with Gasteiger partial charge < -0.3 is 14.9 Å². The molecule has 2 atom stereocenters. The molecule has 0 aromatic heterocycles. The molecule has 1 fully saturated rings. The van der Waals surface area contributed by atoms with Gasteiger partial charge in [0.05, 0.1) is 12.5 Å². The summed E-state index contributed by atoms with van der Waals surface area (Å²) >= 11 is 0. The minimum absolute atomic E-state index is 0.00218. The van der Waals surface area contributed by atoms with Crippen LogP contribution in [0.15, 0.2) is 60.7 Å². The number of hydrogen-bond acceptors (Lipinski definition) is 3. The molecule has 0 unspecified atom stereocenters. The third-order valence-corrected chi connectivity index (χ3v) is 4.56. The first kappa shape index (κ1) is 17.0. The highest BCUT2D eigenvalue weighted by Gasteiger charge is 2.35. The lowest BCUT2D eigenvalue weighted by atomic mass is 10.0. The van der Waals surface area contributed by atoms with Gasteiger partial charge in [-0.2, -0.15) is 0 Å². The standard InChI is InChI=1S/C20H22N2O3/c1-15-13-21(20(25)16-8-4-2-5-9-16)14-18(12-19(23)24)22(15)17-10-6-3-7-11-17/h2-11,15,18H,12-14H2,1H3,(H,23,24)/t15-,18+/m0/s1. The molecule has 2 aromatic carbocycles. The Morgan fingerprint density at radius 1 is 1.00 bits per heavy atom. The number of carboxylic acid groups (broad SMARTS) is 1. The molecule has 1 heterocycles. The minimum atomic E-state index is -0.854. The molecule has 3 rings (SSSR count). The van der Waals surface area contributed by atoms with Crippen molar-refractivity contribution < 1.29 is 14.7 Å². The number of rotatable bonds is 4. The quantitative estimate of drug-likeness (QED) is 0.931. The molecule has 130 valence electrons. The van der Waals surface area contributed by atoms with Gasteiger partial charge in [-0.05, 0) is 31.2 Å². The number of para-hydroxylation sites is 1. The fraction of sp³-hybridized carbons (Fsp3) is 0.300. The SMILES string of the molecule is C[C@H]1CN(C(=O)c2ccccc2)C[C@@H](CC(=O)O)N1c1ccccc1. The molecule has 0 saturated carbocycles. The highest BCUT2D eigenvalue weighted by molar-refractivity contribution is 5.94. The van der Waals surface area contributed by atoms with Gasteiger partial charge in [-0.1, -0.05) is 36.4 Å². The predicted molar refractivity (Wildman–Crippen MR) is 96.8 cm³/mol. The van der Waals surface area contributed by atoms with Crippen molar-refractivity contribution in [3.05, 3.63) is 66.2 Å². The maximum absolute atomic E-state index is 12.8. The van der Waals surface area contributed by atoms with Crippen molar-refractivity contribution in [1.29, 1.82) is 0 Å². The molecule has 5 nitrogen and oxygen atoms in total. The number of hydrogen-bond donors (Lipinski definition) is 1. The number of carbonyl (C=O) groups is 2. The Kier molecular flexibility index (Phi) is 5.03. The predicted octanol–water partition coefficient (Wildman–Crippen LogP) is 2.88. The Bertz CT molecular complexity index is 733. The monoisotopic (exact) mass is 338 g/mol. The zero-order chi connectivity index (χ0) is 17.8. The van der Waals surface area contributed by atoms with Crippen LogP contribution in [0.2, 0.25) is 0 Å². The van der Waals surface area contributed by atoms with E-state index >= 15 is 0 Å². The number of anilines is 1. The molecule has 0 radical (unpaired) electrons. The Morgan fingerprint density at radius 3 is 2.20 bits per heavy atom. The molecular weight excluding hydrogens is 316 g/mol. The number of aliphatic carboxylic acids is 1. The van der Waals surface area contributed by atoms with Crippen molar-refractivity contribution in [3.63, 3.8) is 0 Å². The van der Waals surface area contributed by atoms with E-state index < -0.39 is 5.97 Å². The van der Waals surface area contributed by atoms with Crippen LogP contribution in [0.5, 0.6) is 0 Å². The van der Waals surface area contributed by atoms with Gasteiger partial charge in [-0.3, -0.25) is 9.59 Å². The zero-order valence-corrected chi connectivity index (χ0v) is 14.2. The van der Waals surface area contributed by atoms with E-state index in [1.54, 1.807) is 17.0 Å². The van der Waals surface area contributed by atoms with E-state index in [2.05, 4.69) is 4.90 Å². The van der Waals surface area contributed by atoms with Gasteiger partial charge in [-0.25, -0.2) is 0 Å². The number of carbonyl (C=O) groups excluding carboxylic acids is 1. The molecule has 1 aliphatic rings. The summed E-state index contributed by atoms with van der Waals surface area (Å²) < 4.78 is 0. The normalized spacial score (nSPS) is 20.4. The molecule has 5 heteroatoms. The summed E-state index contributed by atoms with van der Waals surface area (Å²) in [7, 11) is 0. The van der Waals surface area contributed by atoms with Crippen molar-refractivity contribution in [3.8, 4) is 0 Å². The lowest BCUT2D eigenvalue weighted by Gasteiger charge is -2.46. The zero-order valence-electron chi connectivity index (χ0n) is 14.2. The molecule has 0 spiro atoms. The Labute approximate surface area is 147 Å². The van der Waals surface area contributed by atoms with E-state index in [4.69, 9.17) is 0 Å².